The van der Waals surface area contributed by atoms with Crippen molar-refractivity contribution in [3.8, 4) is 17.1 Å². The minimum Gasteiger partial charge on any atom is -0.481 e. The summed E-state index contributed by atoms with van der Waals surface area (Å²) in [6.07, 6.45) is 6.00. The second-order valence-electron chi connectivity index (χ2n) is 8.70. The van der Waals surface area contributed by atoms with Crippen LogP contribution in [0.15, 0.2) is 30.5 Å². The van der Waals surface area contributed by atoms with Crippen LogP contribution in [0.2, 0.25) is 0 Å². The summed E-state index contributed by atoms with van der Waals surface area (Å²) < 4.78 is 19.1. The van der Waals surface area contributed by atoms with Crippen molar-refractivity contribution in [1.82, 2.24) is 25.4 Å². The Balaban J connectivity index is 0.000000350. The van der Waals surface area contributed by atoms with E-state index in [2.05, 4.69) is 27.1 Å². The number of carbonyl (C=O) groups excluding carboxylic acids is 2. The maximum absolute atomic E-state index is 14.1. The van der Waals surface area contributed by atoms with E-state index in [1.807, 2.05) is 11.9 Å². The fourth-order valence-corrected chi connectivity index (χ4v) is 4.22. The van der Waals surface area contributed by atoms with Crippen LogP contribution in [0.5, 0.6) is 5.88 Å². The van der Waals surface area contributed by atoms with Gasteiger partial charge in [0.25, 0.3) is 5.91 Å². The molecule has 0 radical (unpaired) electrons. The van der Waals surface area contributed by atoms with E-state index in [0.29, 0.717) is 30.8 Å². The zero-order valence-electron chi connectivity index (χ0n) is 19.6. The first kappa shape index (κ1) is 25.5. The van der Waals surface area contributed by atoms with Crippen LogP contribution in [0.3, 0.4) is 0 Å². The van der Waals surface area contributed by atoms with Crippen molar-refractivity contribution < 1.29 is 23.8 Å². The van der Waals surface area contributed by atoms with E-state index in [1.54, 1.807) is 6.07 Å². The van der Waals surface area contributed by atoms with Crippen LogP contribution in [0, 0.1) is 11.7 Å². The SMILES string of the molecule is C=C(CCO)CNC.COc1cc(-c2cc(C(=O)N3CCC(C=O)CC34CC4)[nH]n2)c(F)cn1. The summed E-state index contributed by atoms with van der Waals surface area (Å²) in [5.41, 5.74) is 1.70. The second kappa shape index (κ2) is 11.3. The third-order valence-electron chi connectivity index (χ3n) is 6.22. The number of aliphatic hydroxyl groups is 1. The number of nitrogens with one attached hydrogen (secondary N) is 2. The van der Waals surface area contributed by atoms with Crippen LogP contribution in [0.4, 0.5) is 4.39 Å². The number of rotatable bonds is 8. The van der Waals surface area contributed by atoms with Crippen molar-refractivity contribution >= 4 is 12.2 Å². The molecule has 2 fully saturated rings. The topological polar surface area (TPSA) is 120 Å². The molecule has 9 nitrogen and oxygen atoms in total. The molecule has 10 heteroatoms. The summed E-state index contributed by atoms with van der Waals surface area (Å²) in [7, 11) is 3.31. The lowest BCUT2D eigenvalue weighted by molar-refractivity contribution is -0.113. The van der Waals surface area contributed by atoms with E-state index in [0.717, 1.165) is 43.9 Å². The highest BCUT2D eigenvalue weighted by Crippen LogP contribution is 2.50. The number of pyridine rings is 1. The Kier molecular flexibility index (Phi) is 8.51. The van der Waals surface area contributed by atoms with Gasteiger partial charge in [-0.15, -0.1) is 0 Å². The molecule has 2 aromatic heterocycles. The van der Waals surface area contributed by atoms with Gasteiger partial charge in [0.15, 0.2) is 5.82 Å². The van der Waals surface area contributed by atoms with Crippen molar-refractivity contribution in [1.29, 1.82) is 0 Å². The molecule has 1 spiro atoms. The lowest BCUT2D eigenvalue weighted by Crippen LogP contribution is -2.48. The van der Waals surface area contributed by atoms with Crippen LogP contribution in [-0.4, -0.2) is 76.8 Å². The summed E-state index contributed by atoms with van der Waals surface area (Å²) in [6, 6.07) is 2.99. The molecule has 1 aliphatic heterocycles. The van der Waals surface area contributed by atoms with Crippen LogP contribution >= 0.6 is 0 Å². The molecule has 4 rings (SSSR count). The van der Waals surface area contributed by atoms with E-state index in [1.165, 1.54) is 13.2 Å². The minimum absolute atomic E-state index is 0.0252. The van der Waals surface area contributed by atoms with Crippen molar-refractivity contribution in [3.63, 3.8) is 0 Å². The number of nitrogens with zero attached hydrogens (tertiary/aromatic N) is 3. The number of aromatic nitrogens is 3. The van der Waals surface area contributed by atoms with Gasteiger partial charge < -0.3 is 24.9 Å². The van der Waals surface area contributed by atoms with Gasteiger partial charge in [-0.3, -0.25) is 9.89 Å². The Labute approximate surface area is 198 Å². The minimum atomic E-state index is -0.540. The Bertz CT molecular complexity index is 1010. The number of methoxy groups -OCH3 is 1. The molecule has 1 saturated carbocycles. The van der Waals surface area contributed by atoms with Crippen molar-refractivity contribution in [2.75, 3.05) is 33.9 Å². The van der Waals surface area contributed by atoms with Crippen molar-refractivity contribution in [3.05, 3.63) is 42.0 Å². The van der Waals surface area contributed by atoms with E-state index in [4.69, 9.17) is 9.84 Å². The highest BCUT2D eigenvalue weighted by Gasteiger charge is 2.53. The summed E-state index contributed by atoms with van der Waals surface area (Å²) >= 11 is 0. The van der Waals surface area contributed by atoms with E-state index >= 15 is 0 Å². The van der Waals surface area contributed by atoms with Crippen molar-refractivity contribution in [2.45, 2.75) is 37.6 Å². The van der Waals surface area contributed by atoms with E-state index in [9.17, 15) is 14.0 Å². The number of carbonyl (C=O) groups is 2. The Hall–Kier alpha value is -3.11. The van der Waals surface area contributed by atoms with Gasteiger partial charge in [-0.25, -0.2) is 9.37 Å². The number of likely N-dealkylation sites (tertiary alicyclic amines) is 1. The number of hydrogen-bond donors (Lipinski definition) is 3. The van der Waals surface area contributed by atoms with Gasteiger partial charge in [0.05, 0.1) is 19.0 Å². The van der Waals surface area contributed by atoms with Crippen LogP contribution in [-0.2, 0) is 4.79 Å². The van der Waals surface area contributed by atoms with Gasteiger partial charge in [-0.05, 0) is 45.2 Å². The maximum Gasteiger partial charge on any atom is 0.272 e. The number of piperidine rings is 1. The number of ether oxygens (including phenoxy) is 1. The molecule has 2 aromatic rings. The molecule has 1 aliphatic carbocycles. The summed E-state index contributed by atoms with van der Waals surface area (Å²) in [4.78, 5) is 29.7. The van der Waals surface area contributed by atoms with Gasteiger partial charge >= 0.3 is 0 Å². The molecule has 1 amide bonds. The number of halogens is 1. The Morgan fingerprint density at radius 3 is 2.85 bits per heavy atom. The Morgan fingerprint density at radius 1 is 1.47 bits per heavy atom. The standard InChI is InChI=1S/C18H19FN4O3.C6H13NO/c1-26-16-6-12(13(19)9-20-16)14-7-15(22-21-14)17(25)23-5-2-11(10-24)8-18(23)3-4-18;1-6(3-4-8)5-7-2/h6-7,9-11H,2-5,8H2,1H3,(H,21,22);7-8H,1,3-5H2,2H3. The third-order valence-corrected chi connectivity index (χ3v) is 6.22. The van der Waals surface area contributed by atoms with Gasteiger partial charge in [0, 0.05) is 42.8 Å². The molecule has 34 heavy (non-hydrogen) atoms. The zero-order valence-corrected chi connectivity index (χ0v) is 19.6. The van der Waals surface area contributed by atoms with Crippen LogP contribution < -0.4 is 10.1 Å². The van der Waals surface area contributed by atoms with Gasteiger partial charge in [0.1, 0.15) is 12.0 Å². The van der Waals surface area contributed by atoms with Crippen LogP contribution in [0.25, 0.3) is 11.3 Å². The molecule has 0 aromatic carbocycles. The molecular formula is C24H32FN5O4. The number of aromatic amines is 1. The first-order chi connectivity index (χ1) is 16.4. The Morgan fingerprint density at radius 2 is 2.24 bits per heavy atom. The lowest BCUT2D eigenvalue weighted by atomic mass is 9.90. The third kappa shape index (κ3) is 5.87. The van der Waals surface area contributed by atoms with Crippen molar-refractivity contribution in [2.24, 2.45) is 5.92 Å². The first-order valence-corrected chi connectivity index (χ1v) is 11.3. The average Bonchev–Trinajstić information content (AvgIpc) is 3.41. The predicted molar refractivity (Wildman–Crippen MR) is 125 cm³/mol. The molecule has 3 N–H and O–H groups in total. The molecule has 3 heterocycles. The molecule has 2 aliphatic rings. The van der Waals surface area contributed by atoms with Gasteiger partial charge in [0.2, 0.25) is 5.88 Å². The molecular weight excluding hydrogens is 441 g/mol. The summed E-state index contributed by atoms with van der Waals surface area (Å²) in [5, 5.41) is 18.1. The van der Waals surface area contributed by atoms with Gasteiger partial charge in [-0.1, -0.05) is 12.2 Å². The highest BCUT2D eigenvalue weighted by atomic mass is 19.1. The number of aldehydes is 1. The largest absolute Gasteiger partial charge is 0.481 e. The lowest BCUT2D eigenvalue weighted by Gasteiger charge is -2.38. The van der Waals surface area contributed by atoms with Gasteiger partial charge in [-0.2, -0.15) is 5.10 Å². The fraction of sp³-hybridized carbons (Fsp3) is 0.500. The first-order valence-electron chi connectivity index (χ1n) is 11.3. The maximum atomic E-state index is 14.1. The summed E-state index contributed by atoms with van der Waals surface area (Å²) in [5.74, 6) is -0.406. The van der Waals surface area contributed by atoms with Crippen LogP contribution in [0.1, 0.15) is 42.6 Å². The monoisotopic (exact) mass is 473 g/mol. The quantitative estimate of drug-likeness (QED) is 0.398. The second-order valence-corrected chi connectivity index (χ2v) is 8.70. The smallest absolute Gasteiger partial charge is 0.272 e. The fourth-order valence-electron chi connectivity index (χ4n) is 4.22. The molecule has 1 unspecified atom stereocenters. The number of amides is 1. The highest BCUT2D eigenvalue weighted by molar-refractivity contribution is 5.94. The number of likely N-dealkylation sites (N-methyl/N-ethyl adjacent to an activating group) is 1. The molecule has 1 saturated heterocycles. The molecule has 1 atom stereocenters. The zero-order chi connectivity index (χ0) is 24.7. The van der Waals surface area contributed by atoms with E-state index < -0.39 is 5.82 Å². The normalized spacial score (nSPS) is 18.1. The molecule has 184 valence electrons. The average molecular weight is 474 g/mol. The molecule has 0 bridgehead atoms. The number of aliphatic hydroxyl groups excluding tert-OH is 1. The summed E-state index contributed by atoms with van der Waals surface area (Å²) in [6.45, 7) is 5.28. The number of H-pyrrole nitrogens is 1. The van der Waals surface area contributed by atoms with E-state index in [-0.39, 0.29) is 35.4 Å². The predicted octanol–water partition coefficient (Wildman–Crippen LogP) is 2.35. The number of hydrogen-bond acceptors (Lipinski definition) is 7.